The predicted octanol–water partition coefficient (Wildman–Crippen LogP) is -4.60. The van der Waals surface area contributed by atoms with E-state index in [1.807, 2.05) is 6.92 Å². The van der Waals surface area contributed by atoms with Crippen molar-refractivity contribution in [1.29, 1.82) is 0 Å². The van der Waals surface area contributed by atoms with E-state index in [1.165, 1.54) is 0 Å². The molecule has 2 aliphatic rings. The molecule has 178 valence electrons. The minimum absolute atomic E-state index is 0.0462. The largest absolute Gasteiger partial charge is 0.396 e. The summed E-state index contributed by atoms with van der Waals surface area (Å²) in [5.74, 6) is 0. The Hall–Kier alpha value is -0.480. The van der Waals surface area contributed by atoms with Crippen LogP contribution in [0, 0.1) is 0 Å². The van der Waals surface area contributed by atoms with Gasteiger partial charge in [-0.2, -0.15) is 0 Å². The third kappa shape index (κ3) is 6.06. The lowest BCUT2D eigenvalue weighted by Gasteiger charge is -2.46. The molecular weight excluding hydrogens is 406 g/mol. The van der Waals surface area contributed by atoms with Gasteiger partial charge in [0.05, 0.1) is 19.3 Å². The zero-order valence-electron chi connectivity index (χ0n) is 16.9. The number of rotatable bonds is 10. The predicted molar refractivity (Wildman–Crippen MR) is 100 cm³/mol. The lowest BCUT2D eigenvalue weighted by molar-refractivity contribution is -0.342. The molecule has 9 N–H and O–H groups in total. The summed E-state index contributed by atoms with van der Waals surface area (Å²) in [4.78, 5) is 0. The highest BCUT2D eigenvalue weighted by Gasteiger charge is 2.50. The van der Waals surface area contributed by atoms with Gasteiger partial charge >= 0.3 is 0 Å². The van der Waals surface area contributed by atoms with Gasteiger partial charge < -0.3 is 60.4 Å². The molecule has 0 spiro atoms. The first kappa shape index (κ1) is 25.8. The van der Waals surface area contributed by atoms with Crippen LogP contribution in [0.1, 0.15) is 19.8 Å². The van der Waals surface area contributed by atoms with Gasteiger partial charge in [-0.15, -0.1) is 0 Å². The SMILES string of the molecule is CC(C[C@@H]1O[C@H](CO)[C@@H](OC2O[C@H](CO)[C@H](O)[C@H](O)[C@H]2O)[C@H](O)[C@H]1O)NCCCO. The molecule has 0 radical (unpaired) electrons. The molecule has 0 bridgehead atoms. The summed E-state index contributed by atoms with van der Waals surface area (Å²) in [6.07, 6.45) is -12.9. The first-order valence-electron chi connectivity index (χ1n) is 10.2. The van der Waals surface area contributed by atoms with Crippen molar-refractivity contribution < 1.29 is 55.1 Å². The van der Waals surface area contributed by atoms with Crippen molar-refractivity contribution >= 4 is 0 Å². The number of hydrogen-bond acceptors (Lipinski definition) is 12. The molecule has 12 heteroatoms. The summed E-state index contributed by atoms with van der Waals surface area (Å²) in [5, 5.41) is 81.9. The Kier molecular flexibility index (Phi) is 10.3. The average Bonchev–Trinajstić information content (AvgIpc) is 2.73. The highest BCUT2D eigenvalue weighted by molar-refractivity contribution is 4.96. The maximum absolute atomic E-state index is 10.6. The van der Waals surface area contributed by atoms with Crippen LogP contribution in [0.25, 0.3) is 0 Å². The van der Waals surface area contributed by atoms with E-state index in [-0.39, 0.29) is 12.6 Å². The fourth-order valence-corrected chi connectivity index (χ4v) is 3.72. The van der Waals surface area contributed by atoms with Gasteiger partial charge in [-0.05, 0) is 26.3 Å². The van der Waals surface area contributed by atoms with Gasteiger partial charge in [0.15, 0.2) is 6.29 Å². The molecule has 30 heavy (non-hydrogen) atoms. The topological polar surface area (TPSA) is 202 Å². The Morgan fingerprint density at radius 3 is 2.03 bits per heavy atom. The molecule has 0 aromatic rings. The van der Waals surface area contributed by atoms with Gasteiger partial charge in [-0.1, -0.05) is 0 Å². The fourth-order valence-electron chi connectivity index (χ4n) is 3.72. The van der Waals surface area contributed by atoms with E-state index in [1.54, 1.807) is 0 Å². The van der Waals surface area contributed by atoms with Crippen LogP contribution in [0.5, 0.6) is 0 Å². The van der Waals surface area contributed by atoms with E-state index in [9.17, 15) is 35.7 Å². The summed E-state index contributed by atoms with van der Waals surface area (Å²) < 4.78 is 16.5. The summed E-state index contributed by atoms with van der Waals surface area (Å²) in [5.41, 5.74) is 0. The van der Waals surface area contributed by atoms with E-state index >= 15 is 0 Å². The molecular formula is C18H35NO11. The molecule has 0 aromatic heterocycles. The number of aliphatic hydroxyl groups is 8. The lowest BCUT2D eigenvalue weighted by Crippen LogP contribution is -2.64. The summed E-state index contributed by atoms with van der Waals surface area (Å²) in [6.45, 7) is 1.25. The molecule has 2 unspecified atom stereocenters. The van der Waals surface area contributed by atoms with Crippen molar-refractivity contribution in [3.63, 3.8) is 0 Å². The Morgan fingerprint density at radius 2 is 1.43 bits per heavy atom. The maximum atomic E-state index is 10.6. The van der Waals surface area contributed by atoms with Crippen LogP contribution in [0.4, 0.5) is 0 Å². The Labute approximate surface area is 174 Å². The van der Waals surface area contributed by atoms with Crippen molar-refractivity contribution in [1.82, 2.24) is 5.32 Å². The molecule has 0 amide bonds. The standard InChI is InChI=1S/C18H35NO11/c1-8(19-3-2-4-20)5-9-12(23)15(26)17(11(7-22)28-9)30-18-16(27)14(25)13(24)10(6-21)29-18/h8-27H,2-7H2,1H3/t8?,9-,10+,11+,12-,13-,14-,15+,16+,17+,18?/m0/s1. The summed E-state index contributed by atoms with van der Waals surface area (Å²) in [7, 11) is 0. The van der Waals surface area contributed by atoms with E-state index < -0.39 is 74.4 Å². The van der Waals surface area contributed by atoms with E-state index in [4.69, 9.17) is 19.3 Å². The van der Waals surface area contributed by atoms with Crippen molar-refractivity contribution in [3.05, 3.63) is 0 Å². The normalized spacial score (nSPS) is 43.5. The minimum atomic E-state index is -1.69. The van der Waals surface area contributed by atoms with Gasteiger partial charge in [-0.3, -0.25) is 0 Å². The van der Waals surface area contributed by atoms with Crippen LogP contribution in [0.2, 0.25) is 0 Å². The van der Waals surface area contributed by atoms with Crippen molar-refractivity contribution in [2.45, 2.75) is 87.0 Å². The summed E-state index contributed by atoms with van der Waals surface area (Å²) >= 11 is 0. The molecule has 0 aromatic carbocycles. The molecule has 0 aliphatic carbocycles. The lowest BCUT2D eigenvalue weighted by atomic mass is 9.91. The second kappa shape index (κ2) is 11.9. The number of hydrogen-bond donors (Lipinski definition) is 9. The summed E-state index contributed by atoms with van der Waals surface area (Å²) in [6, 6.07) is -0.106. The van der Waals surface area contributed by atoms with Crippen LogP contribution in [-0.2, 0) is 14.2 Å². The number of nitrogens with one attached hydrogen (secondary N) is 1. The number of ether oxygens (including phenoxy) is 3. The average molecular weight is 441 g/mol. The van der Waals surface area contributed by atoms with Crippen LogP contribution in [0.15, 0.2) is 0 Å². The molecule has 2 aliphatic heterocycles. The van der Waals surface area contributed by atoms with Crippen LogP contribution in [0.3, 0.4) is 0 Å². The molecule has 12 nitrogen and oxygen atoms in total. The molecule has 11 atom stereocenters. The Bertz CT molecular complexity index is 497. The second-order valence-corrected chi connectivity index (χ2v) is 7.84. The van der Waals surface area contributed by atoms with E-state index in [0.717, 1.165) is 0 Å². The first-order valence-corrected chi connectivity index (χ1v) is 10.2. The fraction of sp³-hybridized carbons (Fsp3) is 1.00. The number of aliphatic hydroxyl groups excluding tert-OH is 8. The van der Waals surface area contributed by atoms with E-state index in [2.05, 4.69) is 5.32 Å². The van der Waals surface area contributed by atoms with Crippen LogP contribution >= 0.6 is 0 Å². The zero-order valence-corrected chi connectivity index (χ0v) is 16.9. The van der Waals surface area contributed by atoms with Crippen LogP contribution in [-0.4, -0.2) is 134 Å². The van der Waals surface area contributed by atoms with E-state index in [0.29, 0.717) is 19.4 Å². The zero-order chi connectivity index (χ0) is 22.4. The molecule has 0 saturated carbocycles. The molecule has 2 fully saturated rings. The highest BCUT2D eigenvalue weighted by Crippen LogP contribution is 2.30. The minimum Gasteiger partial charge on any atom is -0.396 e. The van der Waals surface area contributed by atoms with Gasteiger partial charge in [0.2, 0.25) is 0 Å². The van der Waals surface area contributed by atoms with Crippen molar-refractivity contribution in [3.8, 4) is 0 Å². The third-order valence-corrected chi connectivity index (χ3v) is 5.52. The van der Waals surface area contributed by atoms with Crippen molar-refractivity contribution in [2.24, 2.45) is 0 Å². The van der Waals surface area contributed by atoms with Gasteiger partial charge in [0.25, 0.3) is 0 Å². The quantitative estimate of drug-likeness (QED) is 0.147. The first-order chi connectivity index (χ1) is 14.2. The van der Waals surface area contributed by atoms with Gasteiger partial charge in [0, 0.05) is 12.6 Å². The van der Waals surface area contributed by atoms with Gasteiger partial charge in [0.1, 0.15) is 48.8 Å². The molecule has 2 heterocycles. The highest BCUT2D eigenvalue weighted by atomic mass is 16.7. The monoisotopic (exact) mass is 441 g/mol. The Balaban J connectivity index is 2.02. The second-order valence-electron chi connectivity index (χ2n) is 7.84. The molecule has 2 rings (SSSR count). The smallest absolute Gasteiger partial charge is 0.187 e. The van der Waals surface area contributed by atoms with Crippen LogP contribution < -0.4 is 5.32 Å². The van der Waals surface area contributed by atoms with Crippen molar-refractivity contribution in [2.75, 3.05) is 26.4 Å². The third-order valence-electron chi connectivity index (χ3n) is 5.52. The molecule has 2 saturated heterocycles. The van der Waals surface area contributed by atoms with Gasteiger partial charge in [-0.25, -0.2) is 0 Å². The Morgan fingerprint density at radius 1 is 0.800 bits per heavy atom. The maximum Gasteiger partial charge on any atom is 0.187 e.